The number of hydrogen-bond acceptors (Lipinski definition) is 4. The highest BCUT2D eigenvalue weighted by Gasteiger charge is 2.37. The van der Waals surface area contributed by atoms with Crippen molar-refractivity contribution >= 4 is 11.8 Å². The van der Waals surface area contributed by atoms with Gasteiger partial charge in [0.05, 0.1) is 18.6 Å². The Balaban J connectivity index is 1.75. The van der Waals surface area contributed by atoms with Gasteiger partial charge in [0.15, 0.2) is 0 Å². The van der Waals surface area contributed by atoms with Crippen LogP contribution in [-0.4, -0.2) is 59.3 Å². The fourth-order valence-corrected chi connectivity index (χ4v) is 2.16. The second-order valence-corrected chi connectivity index (χ2v) is 5.22. The Morgan fingerprint density at radius 3 is 2.83 bits per heavy atom. The number of hydrogen-bond donors (Lipinski definition) is 3. The highest BCUT2D eigenvalue weighted by atomic mass is 16.3. The maximum atomic E-state index is 11.8. The maximum absolute atomic E-state index is 11.8. The Morgan fingerprint density at radius 2 is 2.22 bits per heavy atom. The van der Waals surface area contributed by atoms with Crippen LogP contribution in [0.1, 0.15) is 19.3 Å². The van der Waals surface area contributed by atoms with Crippen LogP contribution in [0.4, 0.5) is 0 Å². The minimum absolute atomic E-state index is 0.0304. The molecule has 18 heavy (non-hydrogen) atoms. The second kappa shape index (κ2) is 5.67. The summed E-state index contributed by atoms with van der Waals surface area (Å²) >= 11 is 0. The van der Waals surface area contributed by atoms with Crippen molar-refractivity contribution in [1.29, 1.82) is 0 Å². The molecule has 2 amide bonds. The standard InChI is InChI=1S/C12H20N2O4/c15-7-10(16)4-13-12(18)9-3-11(17)14(6-9)5-8-1-2-8/h8-10,15-16H,1-7H2,(H,13,18). The number of likely N-dealkylation sites (tertiary alicyclic amines) is 1. The quantitative estimate of drug-likeness (QED) is 0.552. The third-order valence-corrected chi connectivity index (χ3v) is 3.48. The molecule has 0 spiro atoms. The summed E-state index contributed by atoms with van der Waals surface area (Å²) in [4.78, 5) is 25.2. The minimum atomic E-state index is -0.936. The van der Waals surface area contributed by atoms with Crippen LogP contribution in [-0.2, 0) is 9.59 Å². The number of carbonyl (C=O) groups is 2. The van der Waals surface area contributed by atoms with E-state index in [-0.39, 0.29) is 37.3 Å². The van der Waals surface area contributed by atoms with E-state index in [0.29, 0.717) is 12.5 Å². The molecule has 1 heterocycles. The SMILES string of the molecule is O=C(NCC(O)CO)C1CC(=O)N(CC2CC2)C1. The largest absolute Gasteiger partial charge is 0.394 e. The fourth-order valence-electron chi connectivity index (χ4n) is 2.16. The van der Waals surface area contributed by atoms with Gasteiger partial charge in [0.25, 0.3) is 0 Å². The summed E-state index contributed by atoms with van der Waals surface area (Å²) in [5.74, 6) is 0.146. The van der Waals surface area contributed by atoms with Gasteiger partial charge in [-0.25, -0.2) is 0 Å². The molecule has 2 rings (SSSR count). The van der Waals surface area contributed by atoms with Crippen LogP contribution in [0.2, 0.25) is 0 Å². The van der Waals surface area contributed by atoms with E-state index in [2.05, 4.69) is 5.32 Å². The molecule has 2 aliphatic rings. The van der Waals surface area contributed by atoms with Gasteiger partial charge in [-0.1, -0.05) is 0 Å². The first kappa shape index (κ1) is 13.3. The Kier molecular flexibility index (Phi) is 4.19. The Hall–Kier alpha value is -1.14. The van der Waals surface area contributed by atoms with Crippen LogP contribution in [0.3, 0.4) is 0 Å². The van der Waals surface area contributed by atoms with Crippen molar-refractivity contribution in [3.63, 3.8) is 0 Å². The lowest BCUT2D eigenvalue weighted by molar-refractivity contribution is -0.129. The molecule has 6 heteroatoms. The lowest BCUT2D eigenvalue weighted by Gasteiger charge is -2.16. The molecule has 2 fully saturated rings. The molecule has 2 unspecified atom stereocenters. The van der Waals surface area contributed by atoms with E-state index < -0.39 is 6.10 Å². The van der Waals surface area contributed by atoms with E-state index in [1.807, 2.05) is 0 Å². The molecule has 0 aromatic heterocycles. The van der Waals surface area contributed by atoms with Gasteiger partial charge in [-0.3, -0.25) is 9.59 Å². The lowest BCUT2D eigenvalue weighted by atomic mass is 10.1. The average molecular weight is 256 g/mol. The van der Waals surface area contributed by atoms with Crippen LogP contribution in [0.25, 0.3) is 0 Å². The monoisotopic (exact) mass is 256 g/mol. The van der Waals surface area contributed by atoms with Crippen LogP contribution < -0.4 is 5.32 Å². The number of rotatable bonds is 6. The van der Waals surface area contributed by atoms with Crippen LogP contribution in [0, 0.1) is 11.8 Å². The average Bonchev–Trinajstić information content (AvgIpc) is 3.10. The van der Waals surface area contributed by atoms with Gasteiger partial charge in [0.1, 0.15) is 0 Å². The van der Waals surface area contributed by atoms with Gasteiger partial charge in [-0.2, -0.15) is 0 Å². The first-order valence-electron chi connectivity index (χ1n) is 6.44. The summed E-state index contributed by atoms with van der Waals surface area (Å²) in [6.45, 7) is 0.915. The highest BCUT2D eigenvalue weighted by molar-refractivity contribution is 5.89. The van der Waals surface area contributed by atoms with Crippen molar-refractivity contribution in [2.75, 3.05) is 26.2 Å². The van der Waals surface area contributed by atoms with Gasteiger partial charge >= 0.3 is 0 Å². The van der Waals surface area contributed by atoms with Gasteiger partial charge < -0.3 is 20.4 Å². The molecule has 0 aromatic carbocycles. The van der Waals surface area contributed by atoms with E-state index >= 15 is 0 Å². The fraction of sp³-hybridized carbons (Fsp3) is 0.833. The number of aliphatic hydroxyl groups is 2. The van der Waals surface area contributed by atoms with Gasteiger partial charge in [-0.15, -0.1) is 0 Å². The molecule has 2 atom stereocenters. The summed E-state index contributed by atoms with van der Waals surface area (Å²) < 4.78 is 0. The zero-order valence-corrected chi connectivity index (χ0v) is 10.3. The third kappa shape index (κ3) is 3.43. The van der Waals surface area contributed by atoms with E-state index in [4.69, 9.17) is 10.2 Å². The van der Waals surface area contributed by atoms with Crippen LogP contribution >= 0.6 is 0 Å². The molecule has 0 radical (unpaired) electrons. The molecule has 0 aromatic rings. The van der Waals surface area contributed by atoms with E-state index in [1.165, 1.54) is 12.8 Å². The molecular weight excluding hydrogens is 236 g/mol. The zero-order chi connectivity index (χ0) is 13.1. The first-order chi connectivity index (χ1) is 8.60. The summed E-state index contributed by atoms with van der Waals surface area (Å²) in [5.41, 5.74) is 0. The van der Waals surface area contributed by atoms with Crippen molar-refractivity contribution < 1.29 is 19.8 Å². The first-order valence-corrected chi connectivity index (χ1v) is 6.44. The zero-order valence-electron chi connectivity index (χ0n) is 10.3. The third-order valence-electron chi connectivity index (χ3n) is 3.48. The minimum Gasteiger partial charge on any atom is -0.394 e. The van der Waals surface area contributed by atoms with Crippen molar-refractivity contribution in [2.24, 2.45) is 11.8 Å². The van der Waals surface area contributed by atoms with Crippen molar-refractivity contribution in [3.8, 4) is 0 Å². The molecule has 1 aliphatic heterocycles. The van der Waals surface area contributed by atoms with Gasteiger partial charge in [0.2, 0.25) is 11.8 Å². The van der Waals surface area contributed by atoms with E-state index in [0.717, 1.165) is 6.54 Å². The molecule has 1 saturated heterocycles. The highest BCUT2D eigenvalue weighted by Crippen LogP contribution is 2.31. The predicted molar refractivity (Wildman–Crippen MR) is 63.5 cm³/mol. The van der Waals surface area contributed by atoms with Crippen molar-refractivity contribution in [1.82, 2.24) is 10.2 Å². The molecule has 0 bridgehead atoms. The molecule has 3 N–H and O–H groups in total. The normalized spacial score (nSPS) is 25.3. The summed E-state index contributed by atoms with van der Waals surface area (Å²) in [5, 5.41) is 20.3. The Bertz CT molecular complexity index is 330. The van der Waals surface area contributed by atoms with Crippen molar-refractivity contribution in [3.05, 3.63) is 0 Å². The van der Waals surface area contributed by atoms with Crippen LogP contribution in [0.15, 0.2) is 0 Å². The number of carbonyl (C=O) groups excluding carboxylic acids is 2. The summed E-state index contributed by atoms with van der Waals surface area (Å²) in [6.07, 6.45) is 1.69. The molecule has 1 saturated carbocycles. The number of nitrogens with one attached hydrogen (secondary N) is 1. The maximum Gasteiger partial charge on any atom is 0.225 e. The summed E-state index contributed by atoms with van der Waals surface area (Å²) in [7, 11) is 0. The molecule has 6 nitrogen and oxygen atoms in total. The molecule has 1 aliphatic carbocycles. The van der Waals surface area contributed by atoms with E-state index in [9.17, 15) is 9.59 Å². The topological polar surface area (TPSA) is 89.9 Å². The summed E-state index contributed by atoms with van der Waals surface area (Å²) in [6, 6.07) is 0. The Labute approximate surface area is 106 Å². The Morgan fingerprint density at radius 1 is 1.50 bits per heavy atom. The molecule has 102 valence electrons. The lowest BCUT2D eigenvalue weighted by Crippen LogP contribution is -2.38. The van der Waals surface area contributed by atoms with Crippen molar-refractivity contribution in [2.45, 2.75) is 25.4 Å². The van der Waals surface area contributed by atoms with Crippen LogP contribution in [0.5, 0.6) is 0 Å². The number of amides is 2. The number of aliphatic hydroxyl groups excluding tert-OH is 2. The van der Waals surface area contributed by atoms with Gasteiger partial charge in [-0.05, 0) is 18.8 Å². The smallest absolute Gasteiger partial charge is 0.225 e. The number of nitrogens with zero attached hydrogens (tertiary/aromatic N) is 1. The predicted octanol–water partition coefficient (Wildman–Crippen LogP) is -1.29. The second-order valence-electron chi connectivity index (χ2n) is 5.22. The molecular formula is C12H20N2O4. The van der Waals surface area contributed by atoms with E-state index in [1.54, 1.807) is 4.90 Å². The van der Waals surface area contributed by atoms with Gasteiger partial charge in [0, 0.05) is 26.1 Å².